The summed E-state index contributed by atoms with van der Waals surface area (Å²) >= 11 is 3.37. The Kier molecular flexibility index (Phi) is 4.97. The maximum absolute atomic E-state index is 13.4. The van der Waals surface area contributed by atoms with Crippen LogP contribution in [0.4, 0.5) is 5.69 Å². The Labute approximate surface area is 175 Å². The van der Waals surface area contributed by atoms with E-state index >= 15 is 0 Å². The summed E-state index contributed by atoms with van der Waals surface area (Å²) in [4.78, 5) is 10.6. The highest BCUT2D eigenvalue weighted by Gasteiger charge is 2.35. The van der Waals surface area contributed by atoms with Crippen LogP contribution in [0.2, 0.25) is 0 Å². The summed E-state index contributed by atoms with van der Waals surface area (Å²) < 4.78 is 33.7. The van der Waals surface area contributed by atoms with Crippen LogP contribution in [0.3, 0.4) is 0 Å². The Morgan fingerprint density at radius 2 is 1.66 bits per heavy atom. The molecule has 0 N–H and O–H groups in total. The van der Waals surface area contributed by atoms with Crippen molar-refractivity contribution in [3.05, 3.63) is 103 Å². The number of benzene rings is 3. The quantitative estimate of drug-likeness (QED) is 0.388. The van der Waals surface area contributed by atoms with Crippen molar-refractivity contribution < 1.29 is 18.1 Å². The molecule has 4 rings (SSSR count). The average Bonchev–Trinajstić information content (AvgIpc) is 2.71. The predicted molar refractivity (Wildman–Crippen MR) is 112 cm³/mol. The molecule has 0 radical (unpaired) electrons. The van der Waals surface area contributed by atoms with Gasteiger partial charge in [-0.05, 0) is 23.8 Å². The number of sulfone groups is 1. The maximum atomic E-state index is 13.4. The van der Waals surface area contributed by atoms with Gasteiger partial charge in [-0.3, -0.25) is 10.1 Å². The van der Waals surface area contributed by atoms with E-state index in [-0.39, 0.29) is 33.4 Å². The average molecular weight is 472 g/mol. The van der Waals surface area contributed by atoms with E-state index < -0.39 is 14.8 Å². The minimum absolute atomic E-state index is 0.0439. The molecule has 1 aliphatic heterocycles. The molecule has 0 fully saturated rings. The van der Waals surface area contributed by atoms with Crippen molar-refractivity contribution in [2.45, 2.75) is 11.3 Å². The molecular formula is C21H14BrNO5S. The molecule has 8 heteroatoms. The van der Waals surface area contributed by atoms with Crippen LogP contribution in [0.15, 0.2) is 87.1 Å². The van der Waals surface area contributed by atoms with Gasteiger partial charge in [0.05, 0.1) is 15.9 Å². The summed E-state index contributed by atoms with van der Waals surface area (Å²) in [7, 11) is -3.91. The summed E-state index contributed by atoms with van der Waals surface area (Å²) in [5.74, 6) is 0.138. The molecular weight excluding hydrogens is 458 g/mol. The molecule has 146 valence electrons. The van der Waals surface area contributed by atoms with Gasteiger partial charge in [-0.2, -0.15) is 0 Å². The zero-order chi connectivity index (χ0) is 20.6. The highest BCUT2D eigenvalue weighted by molar-refractivity contribution is 9.10. The number of hydrogen-bond acceptors (Lipinski definition) is 5. The van der Waals surface area contributed by atoms with E-state index in [9.17, 15) is 18.5 Å². The van der Waals surface area contributed by atoms with Gasteiger partial charge in [0.15, 0.2) is 5.75 Å². The number of fused-ring (bicyclic) bond motifs is 1. The van der Waals surface area contributed by atoms with Gasteiger partial charge in [0.2, 0.25) is 9.84 Å². The van der Waals surface area contributed by atoms with Gasteiger partial charge in [-0.15, -0.1) is 0 Å². The van der Waals surface area contributed by atoms with Crippen LogP contribution in [0.5, 0.6) is 5.75 Å². The molecule has 0 atom stereocenters. The zero-order valence-electron chi connectivity index (χ0n) is 14.9. The predicted octanol–water partition coefficient (Wildman–Crippen LogP) is 5.13. The molecule has 0 spiro atoms. The largest absolute Gasteiger partial charge is 0.454 e. The number of rotatable bonds is 4. The van der Waals surface area contributed by atoms with Gasteiger partial charge in [0, 0.05) is 22.5 Å². The van der Waals surface area contributed by atoms with Crippen LogP contribution >= 0.6 is 15.9 Å². The minimum atomic E-state index is -3.91. The van der Waals surface area contributed by atoms with E-state index in [4.69, 9.17) is 4.74 Å². The number of hydrogen-bond donors (Lipinski definition) is 0. The Bertz CT molecular complexity index is 1240. The number of ether oxygens (including phenoxy) is 1. The van der Waals surface area contributed by atoms with Crippen LogP contribution in [0.1, 0.15) is 11.1 Å². The number of halogens is 1. The molecule has 0 amide bonds. The lowest BCUT2D eigenvalue weighted by atomic mass is 10.1. The summed E-state index contributed by atoms with van der Waals surface area (Å²) in [6.07, 6.45) is 0.135. The molecule has 1 heterocycles. The molecule has 3 aromatic rings. The summed E-state index contributed by atoms with van der Waals surface area (Å²) in [6.45, 7) is 0. The Balaban J connectivity index is 1.91. The molecule has 0 bridgehead atoms. The van der Waals surface area contributed by atoms with E-state index in [1.54, 1.807) is 24.3 Å². The van der Waals surface area contributed by atoms with Crippen molar-refractivity contribution in [3.8, 4) is 5.75 Å². The fourth-order valence-electron chi connectivity index (χ4n) is 3.11. The number of nitrogens with zero attached hydrogens (tertiary/aromatic N) is 1. The second-order valence-electron chi connectivity index (χ2n) is 6.42. The van der Waals surface area contributed by atoms with Crippen molar-refractivity contribution in [1.82, 2.24) is 0 Å². The zero-order valence-corrected chi connectivity index (χ0v) is 17.3. The van der Waals surface area contributed by atoms with Gasteiger partial charge in [0.25, 0.3) is 5.69 Å². The first kappa shape index (κ1) is 19.4. The van der Waals surface area contributed by atoms with Crippen LogP contribution in [0, 0.1) is 10.1 Å². The molecule has 0 aliphatic carbocycles. The SMILES string of the molecule is O=[N+]([O-])c1ccc2c(c1)OC(c1ccccc1)=C(Cc1ccc(Br)cc1)S2(=O)=O. The van der Waals surface area contributed by atoms with Crippen molar-refractivity contribution in [2.24, 2.45) is 0 Å². The normalized spacial score (nSPS) is 14.8. The van der Waals surface area contributed by atoms with Crippen LogP contribution < -0.4 is 4.74 Å². The highest BCUT2D eigenvalue weighted by atomic mass is 79.9. The smallest absolute Gasteiger partial charge is 0.273 e. The Morgan fingerprint density at radius 3 is 2.31 bits per heavy atom. The summed E-state index contributed by atoms with van der Waals surface area (Å²) in [5.41, 5.74) is 1.15. The molecule has 0 saturated carbocycles. The fraction of sp³-hybridized carbons (Fsp3) is 0.0476. The highest BCUT2D eigenvalue weighted by Crippen LogP contribution is 2.42. The number of non-ortho nitro benzene ring substituents is 1. The second kappa shape index (κ2) is 7.46. The van der Waals surface area contributed by atoms with Crippen LogP contribution in [-0.2, 0) is 16.3 Å². The minimum Gasteiger partial charge on any atom is -0.454 e. The number of nitro groups is 1. The van der Waals surface area contributed by atoms with Gasteiger partial charge < -0.3 is 4.74 Å². The first-order valence-corrected chi connectivity index (χ1v) is 10.9. The third kappa shape index (κ3) is 3.68. The van der Waals surface area contributed by atoms with E-state index in [1.807, 2.05) is 30.3 Å². The van der Waals surface area contributed by atoms with E-state index in [0.717, 1.165) is 16.1 Å². The second-order valence-corrected chi connectivity index (χ2v) is 9.27. The fourth-order valence-corrected chi connectivity index (χ4v) is 5.01. The third-order valence-corrected chi connectivity index (χ3v) is 6.95. The topological polar surface area (TPSA) is 86.5 Å². The lowest BCUT2D eigenvalue weighted by molar-refractivity contribution is -0.385. The molecule has 6 nitrogen and oxygen atoms in total. The van der Waals surface area contributed by atoms with E-state index in [2.05, 4.69) is 15.9 Å². The van der Waals surface area contributed by atoms with Crippen LogP contribution in [0.25, 0.3) is 5.76 Å². The van der Waals surface area contributed by atoms with Gasteiger partial charge in [-0.25, -0.2) is 8.42 Å². The number of allylic oxidation sites excluding steroid dienone is 1. The molecule has 0 saturated heterocycles. The maximum Gasteiger partial charge on any atom is 0.273 e. The van der Waals surface area contributed by atoms with E-state index in [1.165, 1.54) is 12.1 Å². The third-order valence-electron chi connectivity index (χ3n) is 4.53. The Morgan fingerprint density at radius 1 is 0.966 bits per heavy atom. The van der Waals surface area contributed by atoms with Crippen LogP contribution in [-0.4, -0.2) is 13.3 Å². The molecule has 0 unspecified atom stereocenters. The van der Waals surface area contributed by atoms with Crippen molar-refractivity contribution in [1.29, 1.82) is 0 Å². The first-order chi connectivity index (χ1) is 13.9. The molecule has 3 aromatic carbocycles. The summed E-state index contributed by atoms with van der Waals surface area (Å²) in [6, 6.07) is 19.7. The number of nitro benzene ring substituents is 1. The summed E-state index contributed by atoms with van der Waals surface area (Å²) in [5, 5.41) is 11.1. The van der Waals surface area contributed by atoms with Crippen molar-refractivity contribution in [2.75, 3.05) is 0 Å². The van der Waals surface area contributed by atoms with Gasteiger partial charge >= 0.3 is 0 Å². The lowest BCUT2D eigenvalue weighted by Gasteiger charge is -2.24. The Hall–Kier alpha value is -2.97. The molecule has 29 heavy (non-hydrogen) atoms. The monoisotopic (exact) mass is 471 g/mol. The lowest BCUT2D eigenvalue weighted by Crippen LogP contribution is -2.18. The van der Waals surface area contributed by atoms with Gasteiger partial charge in [-0.1, -0.05) is 58.4 Å². The first-order valence-electron chi connectivity index (χ1n) is 8.60. The van der Waals surface area contributed by atoms with Gasteiger partial charge in [0.1, 0.15) is 10.7 Å². The van der Waals surface area contributed by atoms with Crippen molar-refractivity contribution >= 4 is 37.2 Å². The van der Waals surface area contributed by atoms with E-state index in [0.29, 0.717) is 5.56 Å². The van der Waals surface area contributed by atoms with Crippen molar-refractivity contribution in [3.63, 3.8) is 0 Å². The standard InChI is InChI=1S/C21H14BrNO5S/c22-16-8-6-14(7-9-16)12-20-21(15-4-2-1-3-5-15)28-18-13-17(23(24)25)10-11-19(18)29(20,26)27/h1-11,13H,12H2. The molecule has 0 aromatic heterocycles. The molecule has 1 aliphatic rings.